The van der Waals surface area contributed by atoms with Crippen molar-refractivity contribution >= 4 is 35.1 Å². The number of carbonyl (C=O) groups is 4. The monoisotopic (exact) mass is 454 g/mol. The minimum absolute atomic E-state index is 0.0197. The SMILES string of the molecule is CCc1ccc(NC(=O)COC(=O)CCCC(=O)Nc2ccc(C(=O)OC(C)C)cc2)cc1. The first kappa shape index (κ1) is 25.6. The van der Waals surface area contributed by atoms with Crippen LogP contribution in [0, 0.1) is 0 Å². The van der Waals surface area contributed by atoms with E-state index in [1.54, 1.807) is 50.2 Å². The van der Waals surface area contributed by atoms with Gasteiger partial charge in [0.1, 0.15) is 0 Å². The number of hydrogen-bond acceptors (Lipinski definition) is 6. The second-order valence-corrected chi connectivity index (χ2v) is 7.69. The van der Waals surface area contributed by atoms with Crippen LogP contribution in [0.2, 0.25) is 0 Å². The largest absolute Gasteiger partial charge is 0.459 e. The second kappa shape index (κ2) is 13.0. The van der Waals surface area contributed by atoms with Crippen LogP contribution in [0.1, 0.15) is 56.0 Å². The van der Waals surface area contributed by atoms with Crippen LogP contribution >= 0.6 is 0 Å². The number of esters is 2. The Morgan fingerprint density at radius 3 is 1.97 bits per heavy atom. The molecule has 0 heterocycles. The van der Waals surface area contributed by atoms with Gasteiger partial charge in [-0.3, -0.25) is 14.4 Å². The molecule has 0 atom stereocenters. The third-order valence-corrected chi connectivity index (χ3v) is 4.54. The molecule has 0 aromatic heterocycles. The molecule has 33 heavy (non-hydrogen) atoms. The molecule has 176 valence electrons. The number of hydrogen-bond donors (Lipinski definition) is 2. The lowest BCUT2D eigenvalue weighted by atomic mass is 10.1. The fourth-order valence-corrected chi connectivity index (χ4v) is 2.83. The lowest BCUT2D eigenvalue weighted by Crippen LogP contribution is -2.21. The topological polar surface area (TPSA) is 111 Å². The molecule has 2 rings (SSSR count). The van der Waals surface area contributed by atoms with Gasteiger partial charge in [0.2, 0.25) is 5.91 Å². The van der Waals surface area contributed by atoms with E-state index < -0.39 is 17.8 Å². The summed E-state index contributed by atoms with van der Waals surface area (Å²) < 4.78 is 10.1. The van der Waals surface area contributed by atoms with Gasteiger partial charge in [-0.2, -0.15) is 0 Å². The van der Waals surface area contributed by atoms with E-state index in [1.165, 1.54) is 0 Å². The fourth-order valence-electron chi connectivity index (χ4n) is 2.83. The Balaban J connectivity index is 1.64. The van der Waals surface area contributed by atoms with E-state index in [1.807, 2.05) is 19.1 Å². The molecule has 0 aliphatic rings. The van der Waals surface area contributed by atoms with Crippen molar-refractivity contribution in [2.45, 2.75) is 52.6 Å². The van der Waals surface area contributed by atoms with E-state index in [-0.39, 0.29) is 37.9 Å². The van der Waals surface area contributed by atoms with Gasteiger partial charge in [-0.05, 0) is 68.7 Å². The van der Waals surface area contributed by atoms with Crippen LogP contribution in [0.4, 0.5) is 11.4 Å². The Morgan fingerprint density at radius 1 is 0.818 bits per heavy atom. The summed E-state index contributed by atoms with van der Waals surface area (Å²) >= 11 is 0. The average molecular weight is 455 g/mol. The summed E-state index contributed by atoms with van der Waals surface area (Å²) in [5.74, 6) is -1.67. The molecule has 2 aromatic rings. The molecule has 0 unspecified atom stereocenters. The van der Waals surface area contributed by atoms with Crippen molar-refractivity contribution in [1.29, 1.82) is 0 Å². The molecule has 0 saturated heterocycles. The van der Waals surface area contributed by atoms with Crippen molar-refractivity contribution < 1.29 is 28.7 Å². The number of rotatable bonds is 11. The highest BCUT2D eigenvalue weighted by atomic mass is 16.5. The van der Waals surface area contributed by atoms with Gasteiger partial charge in [0.15, 0.2) is 6.61 Å². The Labute approximate surface area is 193 Å². The minimum Gasteiger partial charge on any atom is -0.459 e. The maximum atomic E-state index is 12.1. The minimum atomic E-state index is -0.549. The normalized spacial score (nSPS) is 10.4. The maximum Gasteiger partial charge on any atom is 0.338 e. The molecular formula is C25H30N2O6. The lowest BCUT2D eigenvalue weighted by Gasteiger charge is -2.09. The number of ether oxygens (including phenoxy) is 2. The second-order valence-electron chi connectivity index (χ2n) is 7.69. The number of anilines is 2. The van der Waals surface area contributed by atoms with E-state index in [0.717, 1.165) is 12.0 Å². The Bertz CT molecular complexity index is 952. The fraction of sp³-hybridized carbons (Fsp3) is 0.360. The van der Waals surface area contributed by atoms with Crippen molar-refractivity contribution in [1.82, 2.24) is 0 Å². The molecule has 0 fully saturated rings. The smallest absolute Gasteiger partial charge is 0.338 e. The Hall–Kier alpha value is -3.68. The van der Waals surface area contributed by atoms with Gasteiger partial charge in [-0.15, -0.1) is 0 Å². The Kier molecular flexibility index (Phi) is 10.1. The number of benzene rings is 2. The third-order valence-electron chi connectivity index (χ3n) is 4.54. The van der Waals surface area contributed by atoms with Gasteiger partial charge < -0.3 is 20.1 Å². The van der Waals surface area contributed by atoms with Crippen LogP contribution in [0.15, 0.2) is 48.5 Å². The molecule has 0 aliphatic heterocycles. The predicted octanol–water partition coefficient (Wildman–Crippen LogP) is 4.10. The quantitative estimate of drug-likeness (QED) is 0.495. The molecule has 8 nitrogen and oxygen atoms in total. The summed E-state index contributed by atoms with van der Waals surface area (Å²) in [4.78, 5) is 47.6. The molecule has 0 aliphatic carbocycles. The number of carbonyl (C=O) groups excluding carboxylic acids is 4. The molecular weight excluding hydrogens is 424 g/mol. The van der Waals surface area contributed by atoms with Gasteiger partial charge in [0, 0.05) is 24.2 Å². The summed E-state index contributed by atoms with van der Waals surface area (Å²) in [7, 11) is 0. The van der Waals surface area contributed by atoms with Crippen LogP contribution in [0.3, 0.4) is 0 Å². The zero-order valence-electron chi connectivity index (χ0n) is 19.2. The number of amides is 2. The molecule has 0 radical (unpaired) electrons. The zero-order valence-corrected chi connectivity index (χ0v) is 19.2. The van der Waals surface area contributed by atoms with Gasteiger partial charge >= 0.3 is 11.9 Å². The molecule has 0 bridgehead atoms. The molecule has 2 N–H and O–H groups in total. The zero-order chi connectivity index (χ0) is 24.2. The molecule has 2 aromatic carbocycles. The lowest BCUT2D eigenvalue weighted by molar-refractivity contribution is -0.147. The van der Waals surface area contributed by atoms with E-state index in [4.69, 9.17) is 9.47 Å². The first-order valence-electron chi connectivity index (χ1n) is 10.9. The third kappa shape index (κ3) is 9.55. The first-order chi connectivity index (χ1) is 15.8. The van der Waals surface area contributed by atoms with Crippen molar-refractivity contribution in [3.63, 3.8) is 0 Å². The predicted molar refractivity (Wildman–Crippen MR) is 125 cm³/mol. The number of aryl methyl sites for hydroxylation is 1. The summed E-state index contributed by atoms with van der Waals surface area (Å²) in [6, 6.07) is 13.8. The van der Waals surface area contributed by atoms with E-state index in [2.05, 4.69) is 10.6 Å². The highest BCUT2D eigenvalue weighted by Gasteiger charge is 2.11. The van der Waals surface area contributed by atoms with Gasteiger partial charge in [-0.25, -0.2) is 4.79 Å². The van der Waals surface area contributed by atoms with Crippen LogP contribution in [-0.2, 0) is 30.3 Å². The van der Waals surface area contributed by atoms with Crippen molar-refractivity contribution in [3.8, 4) is 0 Å². The Morgan fingerprint density at radius 2 is 1.39 bits per heavy atom. The molecule has 8 heteroatoms. The van der Waals surface area contributed by atoms with Crippen LogP contribution < -0.4 is 10.6 Å². The van der Waals surface area contributed by atoms with Crippen molar-refractivity contribution in [2.75, 3.05) is 17.2 Å². The molecule has 0 saturated carbocycles. The van der Waals surface area contributed by atoms with E-state index in [9.17, 15) is 19.2 Å². The average Bonchev–Trinajstić information content (AvgIpc) is 2.78. The number of nitrogens with one attached hydrogen (secondary N) is 2. The van der Waals surface area contributed by atoms with Gasteiger partial charge in [-0.1, -0.05) is 19.1 Å². The van der Waals surface area contributed by atoms with Crippen LogP contribution in [0.25, 0.3) is 0 Å². The first-order valence-corrected chi connectivity index (χ1v) is 10.9. The van der Waals surface area contributed by atoms with Crippen LogP contribution in [-0.4, -0.2) is 36.5 Å². The summed E-state index contributed by atoms with van der Waals surface area (Å²) in [6.45, 7) is 5.20. The maximum absolute atomic E-state index is 12.1. The van der Waals surface area contributed by atoms with Crippen molar-refractivity contribution in [2.24, 2.45) is 0 Å². The summed E-state index contributed by atoms with van der Waals surface area (Å²) in [5.41, 5.74) is 2.72. The standard InChI is InChI=1S/C25H30N2O6/c1-4-18-8-12-20(13-9-18)27-23(29)16-32-24(30)7-5-6-22(28)26-21-14-10-19(11-15-21)25(31)33-17(2)3/h8-15,17H,4-7,16H2,1-3H3,(H,26,28)(H,27,29). The highest BCUT2D eigenvalue weighted by Crippen LogP contribution is 2.13. The highest BCUT2D eigenvalue weighted by molar-refractivity contribution is 5.94. The molecule has 0 spiro atoms. The summed E-state index contributed by atoms with van der Waals surface area (Å²) in [6.07, 6.45) is 1.11. The summed E-state index contributed by atoms with van der Waals surface area (Å²) in [5, 5.41) is 5.36. The van der Waals surface area contributed by atoms with Crippen LogP contribution in [0.5, 0.6) is 0 Å². The van der Waals surface area contributed by atoms with Gasteiger partial charge in [0.25, 0.3) is 5.91 Å². The van der Waals surface area contributed by atoms with Crippen molar-refractivity contribution in [3.05, 3.63) is 59.7 Å². The van der Waals surface area contributed by atoms with E-state index in [0.29, 0.717) is 16.9 Å². The van der Waals surface area contributed by atoms with Gasteiger partial charge in [0.05, 0.1) is 11.7 Å². The van der Waals surface area contributed by atoms with E-state index >= 15 is 0 Å². The molecule has 2 amide bonds.